The van der Waals surface area contributed by atoms with Crippen LogP contribution in [0.1, 0.15) is 29.4 Å². The summed E-state index contributed by atoms with van der Waals surface area (Å²) in [5, 5.41) is 9.43. The molecule has 0 aliphatic carbocycles. The molecule has 6 heteroatoms. The van der Waals surface area contributed by atoms with Crippen molar-refractivity contribution in [1.82, 2.24) is 9.88 Å². The third-order valence-electron chi connectivity index (χ3n) is 3.45. The number of aryl methyl sites for hydroxylation is 1. The largest absolute Gasteiger partial charge is 0.481 e. The van der Waals surface area contributed by atoms with Crippen LogP contribution in [0.3, 0.4) is 0 Å². The van der Waals surface area contributed by atoms with Gasteiger partial charge in [0, 0.05) is 24.3 Å². The van der Waals surface area contributed by atoms with Crippen LogP contribution in [0, 0.1) is 12.3 Å². The van der Waals surface area contributed by atoms with Gasteiger partial charge in [-0.2, -0.15) is 0 Å². The standard InChI is InChI=1S/C13H15ClN2O3/c1-8-5-9(6-10(14)15-8)11(17)16-4-3-13(2,7-16)12(18)19/h5-6H,3-4,7H2,1-2H3,(H,18,19). The van der Waals surface area contributed by atoms with E-state index in [0.717, 1.165) is 0 Å². The van der Waals surface area contributed by atoms with E-state index in [-0.39, 0.29) is 17.6 Å². The summed E-state index contributed by atoms with van der Waals surface area (Å²) in [6.45, 7) is 4.09. The minimum atomic E-state index is -0.869. The highest BCUT2D eigenvalue weighted by molar-refractivity contribution is 6.29. The van der Waals surface area contributed by atoms with Gasteiger partial charge in [0.1, 0.15) is 5.15 Å². The number of carbonyl (C=O) groups excluding carboxylic acids is 1. The van der Waals surface area contributed by atoms with Crippen LogP contribution in [0.25, 0.3) is 0 Å². The number of halogens is 1. The number of amides is 1. The number of rotatable bonds is 2. The molecule has 1 aliphatic heterocycles. The quantitative estimate of drug-likeness (QED) is 0.842. The van der Waals surface area contributed by atoms with Gasteiger partial charge in [0.05, 0.1) is 5.41 Å². The molecule has 1 saturated heterocycles. The molecule has 0 saturated carbocycles. The van der Waals surface area contributed by atoms with Gasteiger partial charge >= 0.3 is 5.97 Å². The van der Waals surface area contributed by atoms with Crippen LogP contribution in [-0.4, -0.2) is 40.0 Å². The average Bonchev–Trinajstić information content (AvgIpc) is 2.71. The second-order valence-electron chi connectivity index (χ2n) is 5.16. The molecule has 5 nitrogen and oxygen atoms in total. The lowest BCUT2D eigenvalue weighted by atomic mass is 9.90. The molecule has 0 radical (unpaired) electrons. The van der Waals surface area contributed by atoms with Crippen molar-refractivity contribution in [1.29, 1.82) is 0 Å². The normalized spacial score (nSPS) is 22.6. The first-order valence-electron chi connectivity index (χ1n) is 5.99. The lowest BCUT2D eigenvalue weighted by Gasteiger charge is -2.20. The van der Waals surface area contributed by atoms with Gasteiger partial charge in [-0.1, -0.05) is 11.6 Å². The van der Waals surface area contributed by atoms with Gasteiger partial charge in [-0.25, -0.2) is 4.98 Å². The molecule has 0 aromatic carbocycles. The van der Waals surface area contributed by atoms with Gasteiger partial charge < -0.3 is 10.0 Å². The number of aliphatic carboxylic acids is 1. The zero-order valence-corrected chi connectivity index (χ0v) is 11.6. The number of carboxylic acids is 1. The monoisotopic (exact) mass is 282 g/mol. The maximum atomic E-state index is 12.3. The molecule has 1 atom stereocenters. The van der Waals surface area contributed by atoms with Crippen molar-refractivity contribution in [3.05, 3.63) is 28.5 Å². The van der Waals surface area contributed by atoms with E-state index in [2.05, 4.69) is 4.98 Å². The summed E-state index contributed by atoms with van der Waals surface area (Å²) in [5.74, 6) is -1.07. The number of pyridine rings is 1. The van der Waals surface area contributed by atoms with Gasteiger partial charge in [0.2, 0.25) is 0 Å². The molecule has 0 bridgehead atoms. The predicted octanol–water partition coefficient (Wildman–Crippen LogP) is 1.98. The molecular formula is C13H15ClN2O3. The molecule has 1 amide bonds. The average molecular weight is 283 g/mol. The molecule has 1 aromatic rings. The Morgan fingerprint density at radius 3 is 2.68 bits per heavy atom. The summed E-state index contributed by atoms with van der Waals surface area (Å²) < 4.78 is 0. The highest BCUT2D eigenvalue weighted by Crippen LogP contribution is 2.31. The molecule has 1 fully saturated rings. The second kappa shape index (κ2) is 4.81. The predicted molar refractivity (Wildman–Crippen MR) is 70.2 cm³/mol. The van der Waals surface area contributed by atoms with Crippen LogP contribution in [0.5, 0.6) is 0 Å². The van der Waals surface area contributed by atoms with E-state index in [0.29, 0.717) is 24.2 Å². The van der Waals surface area contributed by atoms with E-state index in [1.165, 1.54) is 6.07 Å². The fourth-order valence-corrected chi connectivity index (χ4v) is 2.49. The SMILES string of the molecule is Cc1cc(C(=O)N2CCC(C)(C(=O)O)C2)cc(Cl)n1. The number of carbonyl (C=O) groups is 2. The summed E-state index contributed by atoms with van der Waals surface area (Å²) in [6.07, 6.45) is 0.464. The van der Waals surface area contributed by atoms with E-state index in [4.69, 9.17) is 16.7 Å². The first-order chi connectivity index (χ1) is 8.82. The van der Waals surface area contributed by atoms with Crippen molar-refractivity contribution >= 4 is 23.5 Å². The van der Waals surface area contributed by atoms with E-state index in [1.54, 1.807) is 24.8 Å². The zero-order valence-electron chi connectivity index (χ0n) is 10.8. The van der Waals surface area contributed by atoms with Gasteiger partial charge in [0.15, 0.2) is 0 Å². The topological polar surface area (TPSA) is 70.5 Å². The van der Waals surface area contributed by atoms with Gasteiger partial charge in [-0.15, -0.1) is 0 Å². The maximum Gasteiger partial charge on any atom is 0.311 e. The molecule has 1 unspecified atom stereocenters. The smallest absolute Gasteiger partial charge is 0.311 e. The number of carboxylic acid groups (broad SMARTS) is 1. The first kappa shape index (κ1) is 13.8. The van der Waals surface area contributed by atoms with Gasteiger partial charge in [0.25, 0.3) is 5.91 Å². The molecule has 1 N–H and O–H groups in total. The first-order valence-corrected chi connectivity index (χ1v) is 6.36. The summed E-state index contributed by atoms with van der Waals surface area (Å²) in [6, 6.07) is 3.16. The Kier molecular flexibility index (Phi) is 3.49. The highest BCUT2D eigenvalue weighted by atomic mass is 35.5. The highest BCUT2D eigenvalue weighted by Gasteiger charge is 2.42. The van der Waals surface area contributed by atoms with E-state index in [1.807, 2.05) is 0 Å². The molecule has 2 heterocycles. The molecule has 1 aliphatic rings. The minimum Gasteiger partial charge on any atom is -0.481 e. The third kappa shape index (κ3) is 2.71. The Balaban J connectivity index is 2.20. The van der Waals surface area contributed by atoms with Crippen LogP contribution in [-0.2, 0) is 4.79 Å². The number of hydrogen-bond donors (Lipinski definition) is 1. The summed E-state index contributed by atoms with van der Waals surface area (Å²) >= 11 is 5.83. The Hall–Kier alpha value is -1.62. The summed E-state index contributed by atoms with van der Waals surface area (Å²) in [5.41, 5.74) is 0.254. The lowest BCUT2D eigenvalue weighted by Crippen LogP contribution is -2.34. The molecule has 1 aromatic heterocycles. The number of hydrogen-bond acceptors (Lipinski definition) is 3. The van der Waals surface area contributed by atoms with Crippen LogP contribution < -0.4 is 0 Å². The van der Waals surface area contributed by atoms with E-state index >= 15 is 0 Å². The van der Waals surface area contributed by atoms with Crippen molar-refractivity contribution in [2.45, 2.75) is 20.3 Å². The van der Waals surface area contributed by atoms with Crippen LogP contribution in [0.15, 0.2) is 12.1 Å². The number of likely N-dealkylation sites (tertiary alicyclic amines) is 1. The third-order valence-corrected chi connectivity index (χ3v) is 3.64. The number of nitrogens with zero attached hydrogens (tertiary/aromatic N) is 2. The van der Waals surface area contributed by atoms with Crippen molar-refractivity contribution in [2.24, 2.45) is 5.41 Å². The maximum absolute atomic E-state index is 12.3. The molecule has 19 heavy (non-hydrogen) atoms. The summed E-state index contributed by atoms with van der Waals surface area (Å²) in [4.78, 5) is 29.0. The van der Waals surface area contributed by atoms with Crippen molar-refractivity contribution in [2.75, 3.05) is 13.1 Å². The van der Waals surface area contributed by atoms with Gasteiger partial charge in [-0.3, -0.25) is 9.59 Å². The van der Waals surface area contributed by atoms with Crippen molar-refractivity contribution < 1.29 is 14.7 Å². The Morgan fingerprint density at radius 2 is 2.16 bits per heavy atom. The molecule has 0 spiro atoms. The Morgan fingerprint density at radius 1 is 1.47 bits per heavy atom. The van der Waals surface area contributed by atoms with Crippen molar-refractivity contribution in [3.63, 3.8) is 0 Å². The second-order valence-corrected chi connectivity index (χ2v) is 5.55. The van der Waals surface area contributed by atoms with Crippen LogP contribution >= 0.6 is 11.6 Å². The van der Waals surface area contributed by atoms with E-state index < -0.39 is 11.4 Å². The molecule has 2 rings (SSSR count). The lowest BCUT2D eigenvalue weighted by molar-refractivity contribution is -0.147. The zero-order chi connectivity index (χ0) is 14.2. The van der Waals surface area contributed by atoms with Crippen LogP contribution in [0.2, 0.25) is 5.15 Å². The summed E-state index contributed by atoms with van der Waals surface area (Å²) in [7, 11) is 0. The van der Waals surface area contributed by atoms with Crippen LogP contribution in [0.4, 0.5) is 0 Å². The minimum absolute atomic E-state index is 0.197. The Labute approximate surface area is 116 Å². The van der Waals surface area contributed by atoms with Gasteiger partial charge in [-0.05, 0) is 32.4 Å². The van der Waals surface area contributed by atoms with Crippen molar-refractivity contribution in [3.8, 4) is 0 Å². The fourth-order valence-electron chi connectivity index (χ4n) is 2.24. The fraction of sp³-hybridized carbons (Fsp3) is 0.462. The molecule has 102 valence electrons. The molecular weight excluding hydrogens is 268 g/mol. The van der Waals surface area contributed by atoms with E-state index in [9.17, 15) is 9.59 Å². The number of aromatic nitrogens is 1. The Bertz CT molecular complexity index is 526.